The fraction of sp³-hybridized carbons (Fsp3) is 0.167. The lowest BCUT2D eigenvalue weighted by Crippen LogP contribution is -2.13. The van der Waals surface area contributed by atoms with Crippen molar-refractivity contribution in [1.82, 2.24) is 4.98 Å². The van der Waals surface area contributed by atoms with Crippen LogP contribution >= 0.6 is 0 Å². The predicted molar refractivity (Wildman–Crippen MR) is 39.6 cm³/mol. The summed E-state index contributed by atoms with van der Waals surface area (Å²) in [6.45, 7) is -0.503. The molecule has 1 aromatic rings. The average molecular weight is 170 g/mol. The number of aliphatic hydroxyl groups is 1. The second kappa shape index (κ2) is 3.14. The molecule has 2 N–H and O–H groups in total. The van der Waals surface area contributed by atoms with Crippen molar-refractivity contribution >= 4 is 5.69 Å². The van der Waals surface area contributed by atoms with Crippen molar-refractivity contribution in [2.45, 2.75) is 6.61 Å². The molecule has 0 aliphatic rings. The first kappa shape index (κ1) is 8.41. The van der Waals surface area contributed by atoms with Gasteiger partial charge in [0.2, 0.25) is 0 Å². The molecule has 1 rings (SSSR count). The molecule has 0 aliphatic heterocycles. The SMILES string of the molecule is O=c1c(CO)c[nH]cc1[N+](=O)[O-]. The number of hydrogen-bond donors (Lipinski definition) is 2. The lowest BCUT2D eigenvalue weighted by molar-refractivity contribution is -0.386. The molecule has 0 radical (unpaired) electrons. The standard InChI is InChI=1S/C6H6N2O4/c9-3-4-1-7-2-5(6(4)10)8(11)12/h1-2,9H,3H2,(H,7,10). The summed E-state index contributed by atoms with van der Waals surface area (Å²) in [6.07, 6.45) is 2.22. The minimum absolute atomic E-state index is 0.01000. The third-order valence-electron chi connectivity index (χ3n) is 1.37. The highest BCUT2D eigenvalue weighted by molar-refractivity contribution is 5.29. The molecule has 64 valence electrons. The van der Waals surface area contributed by atoms with Crippen LogP contribution in [0.15, 0.2) is 17.2 Å². The van der Waals surface area contributed by atoms with Crippen molar-refractivity contribution in [1.29, 1.82) is 0 Å². The monoisotopic (exact) mass is 170 g/mol. The van der Waals surface area contributed by atoms with Crippen molar-refractivity contribution in [3.8, 4) is 0 Å². The summed E-state index contributed by atoms with van der Waals surface area (Å²) >= 11 is 0. The van der Waals surface area contributed by atoms with E-state index in [2.05, 4.69) is 4.98 Å². The lowest BCUT2D eigenvalue weighted by atomic mass is 10.3. The van der Waals surface area contributed by atoms with E-state index in [0.29, 0.717) is 0 Å². The van der Waals surface area contributed by atoms with Crippen LogP contribution in [-0.2, 0) is 6.61 Å². The van der Waals surface area contributed by atoms with Gasteiger partial charge in [0, 0.05) is 11.8 Å². The Kier molecular flexibility index (Phi) is 2.20. The Hall–Kier alpha value is -1.69. The Labute approximate surface area is 66.6 Å². The zero-order valence-corrected chi connectivity index (χ0v) is 5.98. The van der Waals surface area contributed by atoms with Gasteiger partial charge in [-0.3, -0.25) is 14.9 Å². The van der Waals surface area contributed by atoms with Crippen LogP contribution in [0.1, 0.15) is 5.56 Å². The van der Waals surface area contributed by atoms with Crippen LogP contribution < -0.4 is 5.43 Å². The Morgan fingerprint density at radius 3 is 2.75 bits per heavy atom. The number of aromatic amines is 1. The minimum Gasteiger partial charge on any atom is -0.391 e. The van der Waals surface area contributed by atoms with E-state index < -0.39 is 22.6 Å². The number of H-pyrrole nitrogens is 1. The molecule has 12 heavy (non-hydrogen) atoms. The number of nitrogens with zero attached hydrogens (tertiary/aromatic N) is 1. The molecular weight excluding hydrogens is 164 g/mol. The maximum atomic E-state index is 11.0. The quantitative estimate of drug-likeness (QED) is 0.473. The molecule has 6 nitrogen and oxygen atoms in total. The van der Waals surface area contributed by atoms with Crippen LogP contribution in [0.25, 0.3) is 0 Å². The molecule has 0 spiro atoms. The molecular formula is C6H6N2O4. The highest BCUT2D eigenvalue weighted by Gasteiger charge is 2.13. The van der Waals surface area contributed by atoms with E-state index in [9.17, 15) is 14.9 Å². The average Bonchev–Trinajstić information content (AvgIpc) is 2.04. The Bertz CT molecular complexity index is 357. The van der Waals surface area contributed by atoms with Gasteiger partial charge < -0.3 is 10.1 Å². The van der Waals surface area contributed by atoms with E-state index in [1.54, 1.807) is 0 Å². The molecule has 0 unspecified atom stereocenters. The highest BCUT2D eigenvalue weighted by atomic mass is 16.6. The van der Waals surface area contributed by atoms with Gasteiger partial charge in [-0.15, -0.1) is 0 Å². The van der Waals surface area contributed by atoms with Crippen LogP contribution in [0.2, 0.25) is 0 Å². The molecule has 0 aliphatic carbocycles. The first-order valence-corrected chi connectivity index (χ1v) is 3.12. The van der Waals surface area contributed by atoms with E-state index in [1.807, 2.05) is 0 Å². The molecule has 1 aromatic heterocycles. The summed E-state index contributed by atoms with van der Waals surface area (Å²) in [7, 11) is 0. The van der Waals surface area contributed by atoms with Gasteiger partial charge in [0.15, 0.2) is 0 Å². The Balaban J connectivity index is 3.33. The summed E-state index contributed by atoms with van der Waals surface area (Å²) in [4.78, 5) is 22.8. The van der Waals surface area contributed by atoms with Gasteiger partial charge in [0.25, 0.3) is 5.43 Å². The Morgan fingerprint density at radius 2 is 2.25 bits per heavy atom. The van der Waals surface area contributed by atoms with Gasteiger partial charge >= 0.3 is 5.69 Å². The fourth-order valence-corrected chi connectivity index (χ4v) is 0.770. The van der Waals surface area contributed by atoms with E-state index >= 15 is 0 Å². The maximum Gasteiger partial charge on any atom is 0.332 e. The van der Waals surface area contributed by atoms with E-state index in [4.69, 9.17) is 5.11 Å². The largest absolute Gasteiger partial charge is 0.391 e. The molecule has 0 fully saturated rings. The van der Waals surface area contributed by atoms with Gasteiger partial charge in [-0.2, -0.15) is 0 Å². The summed E-state index contributed by atoms with van der Waals surface area (Å²) < 4.78 is 0. The highest BCUT2D eigenvalue weighted by Crippen LogP contribution is 2.01. The number of nitrogens with one attached hydrogen (secondary N) is 1. The smallest absolute Gasteiger partial charge is 0.332 e. The van der Waals surface area contributed by atoms with Crippen molar-refractivity contribution in [2.75, 3.05) is 0 Å². The Morgan fingerprint density at radius 1 is 1.58 bits per heavy atom. The van der Waals surface area contributed by atoms with Crippen LogP contribution in [0.5, 0.6) is 0 Å². The van der Waals surface area contributed by atoms with Gasteiger partial charge in [-0.25, -0.2) is 0 Å². The molecule has 0 aromatic carbocycles. The van der Waals surface area contributed by atoms with Crippen molar-refractivity contribution in [2.24, 2.45) is 0 Å². The van der Waals surface area contributed by atoms with Crippen LogP contribution in [0.3, 0.4) is 0 Å². The third-order valence-corrected chi connectivity index (χ3v) is 1.37. The molecule has 0 saturated carbocycles. The zero-order chi connectivity index (χ0) is 9.14. The topological polar surface area (TPSA) is 96.2 Å². The molecule has 0 amide bonds. The fourth-order valence-electron chi connectivity index (χ4n) is 0.770. The van der Waals surface area contributed by atoms with E-state index in [0.717, 1.165) is 6.20 Å². The number of hydrogen-bond acceptors (Lipinski definition) is 4. The van der Waals surface area contributed by atoms with Crippen molar-refractivity contribution in [3.63, 3.8) is 0 Å². The summed E-state index contributed by atoms with van der Waals surface area (Å²) in [6, 6.07) is 0. The van der Waals surface area contributed by atoms with Gasteiger partial charge in [-0.1, -0.05) is 0 Å². The molecule has 6 heteroatoms. The van der Waals surface area contributed by atoms with Gasteiger partial charge in [0.1, 0.15) is 0 Å². The number of pyridine rings is 1. The van der Waals surface area contributed by atoms with Crippen molar-refractivity contribution < 1.29 is 10.0 Å². The third kappa shape index (κ3) is 1.32. The minimum atomic E-state index is -0.794. The zero-order valence-electron chi connectivity index (χ0n) is 5.98. The second-order valence-corrected chi connectivity index (χ2v) is 2.11. The van der Waals surface area contributed by atoms with Gasteiger partial charge in [0.05, 0.1) is 17.7 Å². The van der Waals surface area contributed by atoms with Crippen LogP contribution in [-0.4, -0.2) is 15.0 Å². The first-order valence-electron chi connectivity index (χ1n) is 3.12. The summed E-state index contributed by atoms with van der Waals surface area (Å²) in [5.74, 6) is 0. The van der Waals surface area contributed by atoms with E-state index in [1.165, 1.54) is 6.20 Å². The van der Waals surface area contributed by atoms with Crippen LogP contribution in [0, 0.1) is 10.1 Å². The predicted octanol–water partition coefficient (Wildman–Crippen LogP) is -0.225. The molecule has 0 saturated heterocycles. The second-order valence-electron chi connectivity index (χ2n) is 2.11. The molecule has 0 bridgehead atoms. The summed E-state index contributed by atoms with van der Waals surface area (Å²) in [5.41, 5.74) is -1.31. The van der Waals surface area contributed by atoms with Crippen molar-refractivity contribution in [3.05, 3.63) is 38.3 Å². The normalized spacial score (nSPS) is 9.75. The number of aromatic nitrogens is 1. The first-order chi connectivity index (χ1) is 5.66. The number of nitro groups is 1. The molecule has 0 atom stereocenters. The maximum absolute atomic E-state index is 11.0. The number of aliphatic hydroxyl groups excluding tert-OH is 1. The lowest BCUT2D eigenvalue weighted by Gasteiger charge is -1.93. The van der Waals surface area contributed by atoms with E-state index in [-0.39, 0.29) is 5.56 Å². The van der Waals surface area contributed by atoms with Crippen LogP contribution in [0.4, 0.5) is 5.69 Å². The van der Waals surface area contributed by atoms with Gasteiger partial charge in [-0.05, 0) is 0 Å². The summed E-state index contributed by atoms with van der Waals surface area (Å²) in [5, 5.41) is 18.8. The molecule has 1 heterocycles. The number of rotatable bonds is 2.